The molecule has 3 unspecified atom stereocenters. The van der Waals surface area contributed by atoms with Crippen molar-refractivity contribution in [2.45, 2.75) is 25.4 Å². The molecule has 8 heteroatoms. The molecule has 0 amide bonds. The van der Waals surface area contributed by atoms with E-state index in [9.17, 15) is 24.2 Å². The third-order valence-corrected chi connectivity index (χ3v) is 4.49. The van der Waals surface area contributed by atoms with Gasteiger partial charge in [-0.3, -0.25) is 9.59 Å². The van der Waals surface area contributed by atoms with E-state index in [-0.39, 0.29) is 19.4 Å². The minimum absolute atomic E-state index is 0.0207. The van der Waals surface area contributed by atoms with E-state index in [0.29, 0.717) is 0 Å². The molecule has 0 fully saturated rings. The molecule has 120 valence electrons. The molecule has 4 N–H and O–H groups in total. The summed E-state index contributed by atoms with van der Waals surface area (Å²) in [4.78, 5) is 31.3. The molecule has 7 nitrogen and oxygen atoms in total. The predicted molar refractivity (Wildman–Crippen MR) is 81.3 cm³/mol. The number of rotatable bonds is 9. The number of para-hydroxylation sites is 1. The van der Waals surface area contributed by atoms with Crippen LogP contribution in [0.5, 0.6) is 0 Å². The van der Waals surface area contributed by atoms with E-state index in [0.717, 1.165) is 11.3 Å². The van der Waals surface area contributed by atoms with Gasteiger partial charge in [0.25, 0.3) is 0 Å². The molecule has 0 saturated heterocycles. The fraction of sp³-hybridized carbons (Fsp3) is 0.429. The van der Waals surface area contributed by atoms with Gasteiger partial charge in [-0.05, 0) is 29.5 Å². The van der Waals surface area contributed by atoms with E-state index in [1.165, 1.54) is 0 Å². The van der Waals surface area contributed by atoms with Crippen molar-refractivity contribution < 1.29 is 29.3 Å². The van der Waals surface area contributed by atoms with Gasteiger partial charge in [0, 0.05) is 12.1 Å². The summed E-state index contributed by atoms with van der Waals surface area (Å²) < 4.78 is 11.5. The Labute approximate surface area is 128 Å². The fourth-order valence-corrected chi connectivity index (χ4v) is 2.95. The summed E-state index contributed by atoms with van der Waals surface area (Å²) in [5, 5.41) is 20.8. The molecule has 3 atom stereocenters. The topological polar surface area (TPSA) is 124 Å². The van der Waals surface area contributed by atoms with Crippen molar-refractivity contribution >= 4 is 25.7 Å². The van der Waals surface area contributed by atoms with Gasteiger partial charge in [-0.25, -0.2) is 0 Å². The average Bonchev–Trinajstić information content (AvgIpc) is 2.42. The minimum Gasteiger partial charge on any atom is -0.481 e. The quantitative estimate of drug-likeness (QED) is 0.512. The Kier molecular flexibility index (Phi) is 6.95. The number of anilines is 1. The van der Waals surface area contributed by atoms with Crippen LogP contribution in [0.1, 0.15) is 18.4 Å². The van der Waals surface area contributed by atoms with E-state index >= 15 is 0 Å². The number of benzene rings is 1. The summed E-state index contributed by atoms with van der Waals surface area (Å²) in [5.41, 5.74) is 0.602. The Bertz CT molecular complexity index is 562. The van der Waals surface area contributed by atoms with Crippen LogP contribution in [0.25, 0.3) is 0 Å². The lowest BCUT2D eigenvalue weighted by Gasteiger charge is -2.16. The molecule has 0 spiro atoms. The third kappa shape index (κ3) is 5.42. The van der Waals surface area contributed by atoms with Gasteiger partial charge in [-0.15, -0.1) is 0 Å². The lowest BCUT2D eigenvalue weighted by Crippen LogP contribution is -2.32. The van der Waals surface area contributed by atoms with Crippen molar-refractivity contribution in [3.63, 3.8) is 0 Å². The van der Waals surface area contributed by atoms with Gasteiger partial charge in [0.1, 0.15) is 5.92 Å². The molecule has 0 aromatic heterocycles. The van der Waals surface area contributed by atoms with Crippen LogP contribution in [0.2, 0.25) is 0 Å². The zero-order valence-corrected chi connectivity index (χ0v) is 13.0. The second-order valence-corrected chi connectivity index (χ2v) is 6.21. The van der Waals surface area contributed by atoms with Crippen LogP contribution >= 0.6 is 8.03 Å². The van der Waals surface area contributed by atoms with Gasteiger partial charge in [0.15, 0.2) is 0 Å². The van der Waals surface area contributed by atoms with Crippen LogP contribution in [0, 0.1) is 12.8 Å². The number of nitrogens with one attached hydrogen (secondary N) is 1. The predicted octanol–water partition coefficient (Wildman–Crippen LogP) is 2.08. The number of carboxylic acid groups (broad SMARTS) is 2. The number of aryl methyl sites for hydroxylation is 1. The van der Waals surface area contributed by atoms with Crippen LogP contribution < -0.4 is 5.32 Å². The molecule has 0 radical (unpaired) electrons. The van der Waals surface area contributed by atoms with Gasteiger partial charge < -0.3 is 15.5 Å². The second kappa shape index (κ2) is 8.46. The van der Waals surface area contributed by atoms with Gasteiger partial charge in [0.2, 0.25) is 5.66 Å². The maximum atomic E-state index is 11.5. The van der Waals surface area contributed by atoms with Crippen LogP contribution in [-0.2, 0) is 14.2 Å². The van der Waals surface area contributed by atoms with Crippen molar-refractivity contribution in [1.29, 1.82) is 0 Å². The first kappa shape index (κ1) is 18.1. The smallest absolute Gasteiger partial charge is 0.481 e. The summed E-state index contributed by atoms with van der Waals surface area (Å²) in [6, 6.07) is 7.28. The first-order valence-corrected chi connectivity index (χ1v) is 8.00. The first-order chi connectivity index (χ1) is 10.3. The van der Waals surface area contributed by atoms with Gasteiger partial charge in [0.05, 0.1) is 6.54 Å². The molecule has 1 aromatic carbocycles. The Morgan fingerprint density at radius 3 is 2.41 bits per heavy atom. The Morgan fingerprint density at radius 2 is 1.91 bits per heavy atom. The normalized spacial score (nSPS) is 14.0. The molecule has 0 aliphatic heterocycles. The van der Waals surface area contributed by atoms with Crippen molar-refractivity contribution in [2.75, 3.05) is 11.9 Å². The number of carbonyl (C=O) groups is 2. The van der Waals surface area contributed by atoms with Crippen molar-refractivity contribution in [1.82, 2.24) is 0 Å². The molecule has 1 aromatic rings. The van der Waals surface area contributed by atoms with Crippen molar-refractivity contribution in [3.05, 3.63) is 29.8 Å². The maximum absolute atomic E-state index is 11.5. The van der Waals surface area contributed by atoms with E-state index in [1.54, 1.807) is 12.1 Å². The van der Waals surface area contributed by atoms with Crippen molar-refractivity contribution in [2.24, 2.45) is 5.92 Å². The average molecular weight is 328 g/mol. The van der Waals surface area contributed by atoms with Crippen LogP contribution in [0.15, 0.2) is 24.3 Å². The number of hydrogen-bond acceptors (Lipinski definition) is 4. The van der Waals surface area contributed by atoms with Gasteiger partial charge in [-0.2, -0.15) is 4.89 Å². The highest BCUT2D eigenvalue weighted by atomic mass is 31.1. The highest BCUT2D eigenvalue weighted by Crippen LogP contribution is 2.32. The molecule has 1 rings (SSSR count). The standard InChI is InChI=1S/C14H18NO6P/c1-9-4-2-3-5-11(9)15-8-12(22(20)21)10(14(18)19)6-7-13(16)17/h2-5,10,12,15H,6-8H2,1H3,(H2-,16,17,18,19,20,21)/p+1. The lowest BCUT2D eigenvalue weighted by atomic mass is 9.99. The third-order valence-electron chi connectivity index (χ3n) is 3.38. The molecule has 0 bridgehead atoms. The Morgan fingerprint density at radius 1 is 1.27 bits per heavy atom. The summed E-state index contributed by atoms with van der Waals surface area (Å²) in [6.45, 7) is 1.84. The molecule has 22 heavy (non-hydrogen) atoms. The summed E-state index contributed by atoms with van der Waals surface area (Å²) in [5.74, 6) is -3.60. The highest BCUT2D eigenvalue weighted by molar-refractivity contribution is 7.39. The maximum Gasteiger partial charge on any atom is 0.511 e. The molecule has 0 aliphatic rings. The molecule has 0 heterocycles. The van der Waals surface area contributed by atoms with Crippen LogP contribution in [0.3, 0.4) is 0 Å². The monoisotopic (exact) mass is 328 g/mol. The number of aliphatic carboxylic acids is 2. The van der Waals surface area contributed by atoms with E-state index in [4.69, 9.17) is 5.11 Å². The molecule has 0 aliphatic carbocycles. The van der Waals surface area contributed by atoms with Crippen LogP contribution in [-0.4, -0.2) is 39.2 Å². The fourth-order valence-electron chi connectivity index (χ4n) is 2.12. The number of hydrogen-bond donors (Lipinski definition) is 4. The summed E-state index contributed by atoms with van der Waals surface area (Å²) in [6.07, 6.45) is -0.548. The summed E-state index contributed by atoms with van der Waals surface area (Å²) >= 11 is 0. The summed E-state index contributed by atoms with van der Waals surface area (Å²) in [7, 11) is -2.76. The first-order valence-electron chi connectivity index (χ1n) is 6.72. The Balaban J connectivity index is 2.82. The zero-order chi connectivity index (χ0) is 16.7. The SMILES string of the molecule is Cc1ccccc1NCC(C(CCC(=O)O)C(=O)O)[P+](=O)O. The van der Waals surface area contributed by atoms with Gasteiger partial charge in [-0.1, -0.05) is 18.2 Å². The largest absolute Gasteiger partial charge is 0.511 e. The second-order valence-electron chi connectivity index (χ2n) is 4.94. The molecule has 0 saturated carbocycles. The Hall–Kier alpha value is -1.98. The van der Waals surface area contributed by atoms with E-state index in [2.05, 4.69) is 5.32 Å². The van der Waals surface area contributed by atoms with E-state index in [1.807, 2.05) is 19.1 Å². The highest BCUT2D eigenvalue weighted by Gasteiger charge is 2.42. The zero-order valence-electron chi connectivity index (χ0n) is 12.1. The lowest BCUT2D eigenvalue weighted by molar-refractivity contribution is -0.142. The van der Waals surface area contributed by atoms with Crippen molar-refractivity contribution in [3.8, 4) is 0 Å². The van der Waals surface area contributed by atoms with Gasteiger partial charge >= 0.3 is 20.0 Å². The van der Waals surface area contributed by atoms with E-state index < -0.39 is 31.5 Å². The molecular formula is C14H19NO6P+. The number of carboxylic acids is 2. The minimum atomic E-state index is -2.76. The van der Waals surface area contributed by atoms with Crippen LogP contribution in [0.4, 0.5) is 5.69 Å². The molecular weight excluding hydrogens is 309 g/mol.